The first-order valence-corrected chi connectivity index (χ1v) is 6.30. The molecule has 2 aromatic heterocycles. The summed E-state index contributed by atoms with van der Waals surface area (Å²) in [4.78, 5) is 29.0. The van der Waals surface area contributed by atoms with Gasteiger partial charge in [0.05, 0.1) is 12.1 Å². The lowest BCUT2D eigenvalue weighted by atomic mass is 10.3. The molecule has 0 amide bonds. The molecule has 1 N–H and O–H groups in total. The second-order valence-corrected chi connectivity index (χ2v) is 4.90. The molecule has 0 unspecified atom stereocenters. The highest BCUT2D eigenvalue weighted by atomic mass is 32.1. The maximum atomic E-state index is 11.7. The summed E-state index contributed by atoms with van der Waals surface area (Å²) in [6.07, 6.45) is 1.77. The SMILES string of the molecule is CN(CCC(=O)O)Cc1cc(=O)n2ccsc2n1. The van der Waals surface area contributed by atoms with Gasteiger partial charge in [-0.25, -0.2) is 4.98 Å². The predicted molar refractivity (Wildman–Crippen MR) is 67.9 cm³/mol. The molecule has 0 aliphatic rings. The molecule has 0 fully saturated rings. The van der Waals surface area contributed by atoms with Crippen molar-refractivity contribution in [2.45, 2.75) is 13.0 Å². The minimum atomic E-state index is -0.830. The second-order valence-electron chi connectivity index (χ2n) is 4.02. The van der Waals surface area contributed by atoms with Crippen LogP contribution < -0.4 is 5.56 Å². The number of carboxylic acids is 1. The third-order valence-corrected chi connectivity index (χ3v) is 3.25. The topological polar surface area (TPSA) is 74.9 Å². The molecule has 6 nitrogen and oxygen atoms in total. The maximum Gasteiger partial charge on any atom is 0.304 e. The summed E-state index contributed by atoms with van der Waals surface area (Å²) in [5.41, 5.74) is 0.554. The van der Waals surface area contributed by atoms with Gasteiger partial charge in [0.1, 0.15) is 0 Å². The van der Waals surface area contributed by atoms with Gasteiger partial charge in [-0.05, 0) is 7.05 Å². The number of aliphatic carboxylic acids is 1. The monoisotopic (exact) mass is 267 g/mol. The van der Waals surface area contributed by atoms with Crippen LogP contribution in [0.1, 0.15) is 12.1 Å². The van der Waals surface area contributed by atoms with E-state index in [1.165, 1.54) is 21.8 Å². The van der Waals surface area contributed by atoms with Crippen molar-refractivity contribution >= 4 is 22.3 Å². The third kappa shape index (κ3) is 2.93. The van der Waals surface area contributed by atoms with E-state index < -0.39 is 5.97 Å². The number of rotatable bonds is 5. The van der Waals surface area contributed by atoms with Gasteiger partial charge in [0, 0.05) is 30.7 Å². The van der Waals surface area contributed by atoms with Crippen LogP contribution in [-0.2, 0) is 11.3 Å². The minimum absolute atomic E-state index is 0.0801. The Kier molecular flexibility index (Phi) is 3.73. The van der Waals surface area contributed by atoms with Gasteiger partial charge in [-0.1, -0.05) is 0 Å². The van der Waals surface area contributed by atoms with Crippen molar-refractivity contribution in [1.29, 1.82) is 0 Å². The zero-order valence-corrected chi connectivity index (χ0v) is 10.7. The fraction of sp³-hybridized carbons (Fsp3) is 0.364. The molecular formula is C11H13N3O3S. The van der Waals surface area contributed by atoms with Crippen LogP contribution in [0.2, 0.25) is 0 Å². The molecule has 0 radical (unpaired) electrons. The summed E-state index contributed by atoms with van der Waals surface area (Å²) in [7, 11) is 1.81. The molecule has 0 saturated carbocycles. The number of thiazole rings is 1. The van der Waals surface area contributed by atoms with Crippen molar-refractivity contribution in [2.75, 3.05) is 13.6 Å². The average molecular weight is 267 g/mol. The van der Waals surface area contributed by atoms with Crippen LogP contribution in [0.25, 0.3) is 4.96 Å². The molecule has 0 aliphatic carbocycles. The first-order valence-electron chi connectivity index (χ1n) is 5.42. The van der Waals surface area contributed by atoms with E-state index in [2.05, 4.69) is 4.98 Å². The Morgan fingerprint density at radius 1 is 1.61 bits per heavy atom. The lowest BCUT2D eigenvalue weighted by Crippen LogP contribution is -2.23. The molecule has 0 aromatic carbocycles. The molecule has 2 rings (SSSR count). The average Bonchev–Trinajstić information content (AvgIpc) is 2.75. The molecule has 0 saturated heterocycles. The van der Waals surface area contributed by atoms with E-state index in [0.29, 0.717) is 23.7 Å². The highest BCUT2D eigenvalue weighted by Crippen LogP contribution is 2.07. The molecule has 7 heteroatoms. The van der Waals surface area contributed by atoms with E-state index in [4.69, 9.17) is 5.11 Å². The van der Waals surface area contributed by atoms with Crippen LogP contribution in [0.5, 0.6) is 0 Å². The molecule has 18 heavy (non-hydrogen) atoms. The van der Waals surface area contributed by atoms with Crippen LogP contribution in [0, 0.1) is 0 Å². The lowest BCUT2D eigenvalue weighted by Gasteiger charge is -2.14. The van der Waals surface area contributed by atoms with Gasteiger partial charge >= 0.3 is 5.97 Å². The molecule has 96 valence electrons. The molecular weight excluding hydrogens is 254 g/mol. The van der Waals surface area contributed by atoms with Gasteiger partial charge < -0.3 is 5.11 Å². The highest BCUT2D eigenvalue weighted by Gasteiger charge is 2.07. The van der Waals surface area contributed by atoms with E-state index in [1.54, 1.807) is 13.2 Å². The summed E-state index contributed by atoms with van der Waals surface area (Å²) < 4.78 is 1.49. The Hall–Kier alpha value is -1.73. The number of nitrogens with zero attached hydrogens (tertiary/aromatic N) is 3. The molecule has 0 spiro atoms. The number of hydrogen-bond acceptors (Lipinski definition) is 5. The van der Waals surface area contributed by atoms with Gasteiger partial charge in [-0.2, -0.15) is 0 Å². The van der Waals surface area contributed by atoms with Crippen LogP contribution >= 0.6 is 11.3 Å². The van der Waals surface area contributed by atoms with Gasteiger partial charge in [-0.15, -0.1) is 11.3 Å². The Morgan fingerprint density at radius 2 is 2.39 bits per heavy atom. The summed E-state index contributed by atoms with van der Waals surface area (Å²) in [5, 5.41) is 10.4. The second kappa shape index (κ2) is 5.28. The van der Waals surface area contributed by atoms with E-state index in [-0.39, 0.29) is 12.0 Å². The van der Waals surface area contributed by atoms with Crippen molar-refractivity contribution in [3.63, 3.8) is 0 Å². The predicted octanol–water partition coefficient (Wildman–Crippen LogP) is 0.662. The van der Waals surface area contributed by atoms with Crippen molar-refractivity contribution in [1.82, 2.24) is 14.3 Å². The quantitative estimate of drug-likeness (QED) is 0.861. The van der Waals surface area contributed by atoms with Crippen molar-refractivity contribution in [2.24, 2.45) is 0 Å². The first-order chi connectivity index (χ1) is 8.56. The van der Waals surface area contributed by atoms with E-state index in [0.717, 1.165) is 0 Å². The zero-order valence-electron chi connectivity index (χ0n) is 9.87. The Balaban J connectivity index is 2.11. The van der Waals surface area contributed by atoms with Crippen LogP contribution in [0.15, 0.2) is 22.4 Å². The first kappa shape index (κ1) is 12.7. The third-order valence-electron chi connectivity index (χ3n) is 2.50. The maximum absolute atomic E-state index is 11.7. The van der Waals surface area contributed by atoms with Crippen molar-refractivity contribution in [3.05, 3.63) is 33.7 Å². The Bertz CT molecular complexity index is 619. The van der Waals surface area contributed by atoms with Gasteiger partial charge in [-0.3, -0.25) is 18.9 Å². The van der Waals surface area contributed by atoms with Gasteiger partial charge in [0.15, 0.2) is 4.96 Å². The molecule has 2 aromatic rings. The number of carbonyl (C=O) groups is 1. The lowest BCUT2D eigenvalue weighted by molar-refractivity contribution is -0.137. The smallest absolute Gasteiger partial charge is 0.304 e. The van der Waals surface area contributed by atoms with Crippen LogP contribution in [-0.4, -0.2) is 39.0 Å². The molecule has 0 aliphatic heterocycles. The van der Waals surface area contributed by atoms with Crippen molar-refractivity contribution < 1.29 is 9.90 Å². The Labute approximate surface area is 107 Å². The number of carboxylic acid groups (broad SMARTS) is 1. The normalized spacial score (nSPS) is 11.2. The molecule has 0 atom stereocenters. The highest BCUT2D eigenvalue weighted by molar-refractivity contribution is 7.15. The molecule has 0 bridgehead atoms. The van der Waals surface area contributed by atoms with E-state index in [9.17, 15) is 9.59 Å². The fourth-order valence-electron chi connectivity index (χ4n) is 1.61. The summed E-state index contributed by atoms with van der Waals surface area (Å²) in [6.45, 7) is 0.901. The zero-order chi connectivity index (χ0) is 13.1. The van der Waals surface area contributed by atoms with Gasteiger partial charge in [0.25, 0.3) is 5.56 Å². The van der Waals surface area contributed by atoms with Gasteiger partial charge in [0.2, 0.25) is 0 Å². The van der Waals surface area contributed by atoms with E-state index in [1.807, 2.05) is 10.3 Å². The van der Waals surface area contributed by atoms with E-state index >= 15 is 0 Å². The number of fused-ring (bicyclic) bond motifs is 1. The van der Waals surface area contributed by atoms with Crippen LogP contribution in [0.4, 0.5) is 0 Å². The van der Waals surface area contributed by atoms with Crippen molar-refractivity contribution in [3.8, 4) is 0 Å². The largest absolute Gasteiger partial charge is 0.481 e. The molecule has 2 heterocycles. The summed E-state index contributed by atoms with van der Waals surface area (Å²) in [5.74, 6) is -0.830. The minimum Gasteiger partial charge on any atom is -0.481 e. The standard InChI is InChI=1S/C11H13N3O3S/c1-13(3-2-10(16)17)7-8-6-9(15)14-4-5-18-11(14)12-8/h4-6H,2-3,7H2,1H3,(H,16,17). The fourth-order valence-corrected chi connectivity index (χ4v) is 2.35. The summed E-state index contributed by atoms with van der Waals surface area (Å²) in [6, 6.07) is 1.48. The number of hydrogen-bond donors (Lipinski definition) is 1. The Morgan fingerprint density at radius 3 is 3.11 bits per heavy atom. The summed E-state index contributed by atoms with van der Waals surface area (Å²) >= 11 is 1.40. The van der Waals surface area contributed by atoms with Crippen LogP contribution in [0.3, 0.4) is 0 Å². The number of aromatic nitrogens is 2.